The third kappa shape index (κ3) is 5.72. The van der Waals surface area contributed by atoms with Crippen molar-refractivity contribution in [2.24, 2.45) is 11.3 Å². The van der Waals surface area contributed by atoms with Crippen LogP contribution in [0.4, 0.5) is 0 Å². The van der Waals surface area contributed by atoms with Crippen LogP contribution in [-0.4, -0.2) is 11.9 Å². The minimum absolute atomic E-state index is 0.167. The summed E-state index contributed by atoms with van der Waals surface area (Å²) in [6, 6.07) is 2.61. The fourth-order valence-electron chi connectivity index (χ4n) is 2.16. The van der Waals surface area contributed by atoms with Gasteiger partial charge in [-0.05, 0) is 37.5 Å². The van der Waals surface area contributed by atoms with Crippen LogP contribution < -0.4 is 5.32 Å². The maximum absolute atomic E-state index is 11.7. The topological polar surface area (TPSA) is 52.9 Å². The molecule has 0 aromatic heterocycles. The zero-order chi connectivity index (χ0) is 12.9. The van der Waals surface area contributed by atoms with Gasteiger partial charge in [0.15, 0.2) is 0 Å². The molecule has 0 bridgehead atoms. The Morgan fingerprint density at radius 2 is 1.88 bits per heavy atom. The van der Waals surface area contributed by atoms with E-state index >= 15 is 0 Å². The van der Waals surface area contributed by atoms with Gasteiger partial charge in [-0.25, -0.2) is 0 Å². The number of nitrogens with zero attached hydrogens (tertiary/aromatic N) is 1. The Morgan fingerprint density at radius 1 is 1.29 bits per heavy atom. The summed E-state index contributed by atoms with van der Waals surface area (Å²) in [5.41, 5.74) is 0.218. The zero-order valence-corrected chi connectivity index (χ0v) is 11.3. The molecule has 0 heterocycles. The third-order valence-corrected chi connectivity index (χ3v) is 3.38. The first-order valence-electron chi connectivity index (χ1n) is 6.60. The number of rotatable bonds is 3. The second-order valence-corrected chi connectivity index (χ2v) is 6.31. The summed E-state index contributed by atoms with van der Waals surface area (Å²) >= 11 is 0. The molecule has 1 aliphatic rings. The summed E-state index contributed by atoms with van der Waals surface area (Å²) in [5.74, 6) is 0.373. The zero-order valence-electron chi connectivity index (χ0n) is 11.3. The summed E-state index contributed by atoms with van der Waals surface area (Å²) in [6.45, 7) is 6.45. The van der Waals surface area contributed by atoms with Crippen LogP contribution >= 0.6 is 0 Å². The Bertz CT molecular complexity index is 290. The molecule has 0 saturated heterocycles. The number of nitrogens with one attached hydrogen (secondary N) is 1. The largest absolute Gasteiger partial charge is 0.353 e. The monoisotopic (exact) mass is 236 g/mol. The van der Waals surface area contributed by atoms with Gasteiger partial charge in [-0.2, -0.15) is 5.26 Å². The van der Waals surface area contributed by atoms with Crippen LogP contribution in [0.1, 0.15) is 59.3 Å². The first-order chi connectivity index (χ1) is 7.90. The van der Waals surface area contributed by atoms with Crippen LogP contribution in [0.25, 0.3) is 0 Å². The Kier molecular flexibility index (Phi) is 4.99. The number of nitriles is 1. The smallest absolute Gasteiger partial charge is 0.220 e. The maximum Gasteiger partial charge on any atom is 0.220 e. The molecule has 0 spiro atoms. The first kappa shape index (κ1) is 14.0. The third-order valence-electron chi connectivity index (χ3n) is 3.38. The van der Waals surface area contributed by atoms with Gasteiger partial charge in [0.1, 0.15) is 0 Å². The lowest BCUT2D eigenvalue weighted by Crippen LogP contribution is -2.37. The summed E-state index contributed by atoms with van der Waals surface area (Å²) in [5, 5.41) is 11.9. The van der Waals surface area contributed by atoms with E-state index in [1.807, 2.05) is 0 Å². The van der Waals surface area contributed by atoms with Crippen LogP contribution in [0.5, 0.6) is 0 Å². The normalized spacial score (nSPS) is 25.1. The molecule has 1 saturated carbocycles. The van der Waals surface area contributed by atoms with Gasteiger partial charge < -0.3 is 5.32 Å². The van der Waals surface area contributed by atoms with Crippen LogP contribution in [0.3, 0.4) is 0 Å². The second kappa shape index (κ2) is 6.05. The number of hydrogen-bond donors (Lipinski definition) is 1. The molecule has 1 amide bonds. The van der Waals surface area contributed by atoms with Gasteiger partial charge in [-0.1, -0.05) is 20.8 Å². The highest BCUT2D eigenvalue weighted by molar-refractivity contribution is 5.76. The minimum Gasteiger partial charge on any atom is -0.353 e. The van der Waals surface area contributed by atoms with Crippen molar-refractivity contribution in [3.05, 3.63) is 0 Å². The highest BCUT2D eigenvalue weighted by Gasteiger charge is 2.22. The lowest BCUT2D eigenvalue weighted by atomic mass is 9.86. The van der Waals surface area contributed by atoms with Gasteiger partial charge >= 0.3 is 0 Å². The Balaban J connectivity index is 2.22. The van der Waals surface area contributed by atoms with E-state index in [1.165, 1.54) is 0 Å². The van der Waals surface area contributed by atoms with E-state index in [2.05, 4.69) is 32.2 Å². The molecule has 17 heavy (non-hydrogen) atoms. The summed E-state index contributed by atoms with van der Waals surface area (Å²) < 4.78 is 0. The van der Waals surface area contributed by atoms with Crippen molar-refractivity contribution in [1.82, 2.24) is 5.32 Å². The first-order valence-corrected chi connectivity index (χ1v) is 6.60. The van der Waals surface area contributed by atoms with Gasteiger partial charge in [0.2, 0.25) is 5.91 Å². The SMILES string of the molecule is CC(C)(C)CCC(=O)NC1CCC(C#N)CC1. The average Bonchev–Trinajstić information content (AvgIpc) is 2.27. The van der Waals surface area contributed by atoms with Crippen molar-refractivity contribution in [3.8, 4) is 6.07 Å². The van der Waals surface area contributed by atoms with Gasteiger partial charge in [0.25, 0.3) is 0 Å². The predicted octanol–water partition coefficient (Wildman–Crippen LogP) is 3.01. The summed E-state index contributed by atoms with van der Waals surface area (Å²) in [7, 11) is 0. The van der Waals surface area contributed by atoms with Gasteiger partial charge in [-0.3, -0.25) is 4.79 Å². The van der Waals surface area contributed by atoms with Crippen LogP contribution in [-0.2, 0) is 4.79 Å². The van der Waals surface area contributed by atoms with Crippen LogP contribution in [0.2, 0.25) is 0 Å². The van der Waals surface area contributed by atoms with E-state index < -0.39 is 0 Å². The van der Waals surface area contributed by atoms with E-state index in [-0.39, 0.29) is 17.2 Å². The Morgan fingerprint density at radius 3 is 2.35 bits per heavy atom. The fourth-order valence-corrected chi connectivity index (χ4v) is 2.16. The second-order valence-electron chi connectivity index (χ2n) is 6.31. The van der Waals surface area contributed by atoms with Crippen molar-refractivity contribution >= 4 is 5.91 Å². The molecule has 96 valence electrons. The standard InChI is InChI=1S/C14H24N2O/c1-14(2,3)9-8-13(17)16-12-6-4-11(10-15)5-7-12/h11-12H,4-9H2,1-3H3,(H,16,17). The molecular weight excluding hydrogens is 212 g/mol. The lowest BCUT2D eigenvalue weighted by Gasteiger charge is -2.26. The molecule has 0 aliphatic heterocycles. The van der Waals surface area contributed by atoms with Crippen molar-refractivity contribution in [3.63, 3.8) is 0 Å². The summed E-state index contributed by atoms with van der Waals surface area (Å²) in [6.07, 6.45) is 5.31. The van der Waals surface area contributed by atoms with Crippen molar-refractivity contribution < 1.29 is 4.79 Å². The van der Waals surface area contributed by atoms with E-state index in [4.69, 9.17) is 5.26 Å². The molecule has 0 atom stereocenters. The molecule has 1 fully saturated rings. The molecule has 0 radical (unpaired) electrons. The van der Waals surface area contributed by atoms with Gasteiger partial charge in [-0.15, -0.1) is 0 Å². The number of amides is 1. The van der Waals surface area contributed by atoms with Gasteiger partial charge in [0.05, 0.1) is 6.07 Å². The number of carbonyl (C=O) groups excluding carboxylic acids is 1. The molecule has 0 aromatic rings. The highest BCUT2D eigenvalue weighted by atomic mass is 16.1. The average molecular weight is 236 g/mol. The van der Waals surface area contributed by atoms with Crippen LogP contribution in [0, 0.1) is 22.7 Å². The van der Waals surface area contributed by atoms with E-state index in [0.717, 1.165) is 32.1 Å². The Hall–Kier alpha value is -1.04. The van der Waals surface area contributed by atoms with E-state index in [1.54, 1.807) is 0 Å². The molecule has 3 heteroatoms. The molecular formula is C14H24N2O. The van der Waals surface area contributed by atoms with Crippen molar-refractivity contribution in [2.75, 3.05) is 0 Å². The van der Waals surface area contributed by atoms with Crippen LogP contribution in [0.15, 0.2) is 0 Å². The molecule has 1 rings (SSSR count). The summed E-state index contributed by atoms with van der Waals surface area (Å²) in [4.78, 5) is 11.7. The van der Waals surface area contributed by atoms with Crippen molar-refractivity contribution in [2.45, 2.75) is 65.3 Å². The molecule has 1 aliphatic carbocycles. The lowest BCUT2D eigenvalue weighted by molar-refractivity contribution is -0.122. The molecule has 0 aromatic carbocycles. The number of hydrogen-bond acceptors (Lipinski definition) is 2. The molecule has 0 unspecified atom stereocenters. The van der Waals surface area contributed by atoms with Crippen molar-refractivity contribution in [1.29, 1.82) is 5.26 Å². The molecule has 1 N–H and O–H groups in total. The van der Waals surface area contributed by atoms with Gasteiger partial charge in [0, 0.05) is 18.4 Å². The maximum atomic E-state index is 11.7. The molecule has 3 nitrogen and oxygen atoms in total. The minimum atomic E-state index is 0.167. The Labute approximate surface area is 105 Å². The number of carbonyl (C=O) groups is 1. The van der Waals surface area contributed by atoms with E-state index in [0.29, 0.717) is 12.5 Å². The quantitative estimate of drug-likeness (QED) is 0.819. The fraction of sp³-hybridized carbons (Fsp3) is 0.857. The highest BCUT2D eigenvalue weighted by Crippen LogP contribution is 2.24. The predicted molar refractivity (Wildman–Crippen MR) is 68.2 cm³/mol. The van der Waals surface area contributed by atoms with E-state index in [9.17, 15) is 4.79 Å².